The van der Waals surface area contributed by atoms with Gasteiger partial charge in [-0.15, -0.1) is 0 Å². The Morgan fingerprint density at radius 3 is 2.76 bits per heavy atom. The van der Waals surface area contributed by atoms with Crippen LogP contribution in [-0.4, -0.2) is 31.7 Å². The van der Waals surface area contributed by atoms with Crippen molar-refractivity contribution < 1.29 is 4.52 Å². The molecule has 0 saturated heterocycles. The van der Waals surface area contributed by atoms with Crippen LogP contribution in [0.25, 0.3) is 11.5 Å². The van der Waals surface area contributed by atoms with Gasteiger partial charge in [-0.3, -0.25) is 0 Å². The zero-order valence-corrected chi connectivity index (χ0v) is 15.2. The molecule has 0 aliphatic rings. The molecule has 0 atom stereocenters. The lowest BCUT2D eigenvalue weighted by Crippen LogP contribution is -2.20. The Balaban J connectivity index is 1.70. The molecule has 0 unspecified atom stereocenters. The number of aromatic nitrogens is 5. The van der Waals surface area contributed by atoms with Crippen LogP contribution >= 0.6 is 0 Å². The van der Waals surface area contributed by atoms with Gasteiger partial charge < -0.3 is 14.0 Å². The van der Waals surface area contributed by atoms with Crippen LogP contribution in [0.2, 0.25) is 0 Å². The standard InChI is InChI=1S/C18H24N6O/c1-5-24-9-8-19-17(24)12-23(4)16-7-6-14(11-20-16)18-21-15(22-25-18)10-13(2)3/h6-9,11,13H,5,10,12H2,1-4H3. The highest BCUT2D eigenvalue weighted by atomic mass is 16.5. The van der Waals surface area contributed by atoms with E-state index in [1.54, 1.807) is 6.20 Å². The molecule has 25 heavy (non-hydrogen) atoms. The van der Waals surface area contributed by atoms with E-state index in [4.69, 9.17) is 4.52 Å². The third-order valence-corrected chi connectivity index (χ3v) is 3.97. The van der Waals surface area contributed by atoms with Crippen LogP contribution < -0.4 is 4.90 Å². The SMILES string of the molecule is CCn1ccnc1CN(C)c1ccc(-c2nc(CC(C)C)no2)cn1. The summed E-state index contributed by atoms with van der Waals surface area (Å²) in [5.74, 6) is 3.63. The summed E-state index contributed by atoms with van der Waals surface area (Å²) in [4.78, 5) is 15.4. The van der Waals surface area contributed by atoms with Crippen molar-refractivity contribution in [3.05, 3.63) is 42.4 Å². The third-order valence-electron chi connectivity index (χ3n) is 3.97. The van der Waals surface area contributed by atoms with Gasteiger partial charge in [-0.1, -0.05) is 19.0 Å². The number of rotatable bonds is 7. The lowest BCUT2D eigenvalue weighted by molar-refractivity contribution is 0.417. The first-order valence-electron chi connectivity index (χ1n) is 8.57. The van der Waals surface area contributed by atoms with Gasteiger partial charge in [0.15, 0.2) is 5.82 Å². The summed E-state index contributed by atoms with van der Waals surface area (Å²) in [6.07, 6.45) is 6.39. The molecular formula is C18H24N6O. The number of aryl methyl sites for hydroxylation is 1. The molecule has 3 rings (SSSR count). The van der Waals surface area contributed by atoms with Crippen molar-refractivity contribution in [1.82, 2.24) is 24.7 Å². The Morgan fingerprint density at radius 2 is 2.08 bits per heavy atom. The molecule has 0 aliphatic carbocycles. The van der Waals surface area contributed by atoms with Gasteiger partial charge >= 0.3 is 0 Å². The molecule has 0 aromatic carbocycles. The van der Waals surface area contributed by atoms with E-state index in [9.17, 15) is 0 Å². The lowest BCUT2D eigenvalue weighted by atomic mass is 10.1. The topological polar surface area (TPSA) is 72.9 Å². The van der Waals surface area contributed by atoms with Crippen molar-refractivity contribution >= 4 is 5.82 Å². The van der Waals surface area contributed by atoms with Crippen molar-refractivity contribution in [2.45, 2.75) is 40.3 Å². The summed E-state index contributed by atoms with van der Waals surface area (Å²) < 4.78 is 7.46. The van der Waals surface area contributed by atoms with Gasteiger partial charge in [0.25, 0.3) is 5.89 Å². The summed E-state index contributed by atoms with van der Waals surface area (Å²) >= 11 is 0. The predicted molar refractivity (Wildman–Crippen MR) is 96.1 cm³/mol. The van der Waals surface area contributed by atoms with Crippen molar-refractivity contribution in [3.8, 4) is 11.5 Å². The van der Waals surface area contributed by atoms with Gasteiger partial charge in [0.1, 0.15) is 11.6 Å². The largest absolute Gasteiger partial charge is 0.352 e. The van der Waals surface area contributed by atoms with Crippen LogP contribution in [0.5, 0.6) is 0 Å². The van der Waals surface area contributed by atoms with E-state index in [1.807, 2.05) is 31.6 Å². The molecule has 7 heteroatoms. The highest BCUT2D eigenvalue weighted by Crippen LogP contribution is 2.20. The zero-order chi connectivity index (χ0) is 17.8. The van der Waals surface area contributed by atoms with Gasteiger partial charge in [0.2, 0.25) is 0 Å². The maximum Gasteiger partial charge on any atom is 0.259 e. The fourth-order valence-electron chi connectivity index (χ4n) is 2.63. The number of hydrogen-bond donors (Lipinski definition) is 0. The number of hydrogen-bond acceptors (Lipinski definition) is 6. The Kier molecular flexibility index (Phi) is 5.11. The monoisotopic (exact) mass is 340 g/mol. The van der Waals surface area contributed by atoms with Crippen molar-refractivity contribution in [2.24, 2.45) is 5.92 Å². The molecule has 0 amide bonds. The number of nitrogens with zero attached hydrogens (tertiary/aromatic N) is 6. The first kappa shape index (κ1) is 17.1. The summed E-state index contributed by atoms with van der Waals surface area (Å²) in [5.41, 5.74) is 0.828. The van der Waals surface area contributed by atoms with E-state index >= 15 is 0 Å². The maximum atomic E-state index is 5.34. The molecule has 132 valence electrons. The molecule has 3 heterocycles. The van der Waals surface area contributed by atoms with Crippen LogP contribution in [0, 0.1) is 5.92 Å². The second-order valence-corrected chi connectivity index (χ2v) is 6.50. The van der Waals surface area contributed by atoms with Gasteiger partial charge in [-0.25, -0.2) is 9.97 Å². The normalized spacial score (nSPS) is 11.2. The molecule has 0 radical (unpaired) electrons. The molecule has 0 aliphatic heterocycles. The van der Waals surface area contributed by atoms with Crippen LogP contribution in [-0.2, 0) is 19.5 Å². The molecular weight excluding hydrogens is 316 g/mol. The van der Waals surface area contributed by atoms with Crippen molar-refractivity contribution in [1.29, 1.82) is 0 Å². The fourth-order valence-corrected chi connectivity index (χ4v) is 2.63. The smallest absolute Gasteiger partial charge is 0.259 e. The van der Waals surface area contributed by atoms with E-state index in [0.717, 1.165) is 36.0 Å². The molecule has 3 aromatic heterocycles. The third kappa shape index (κ3) is 4.04. The summed E-state index contributed by atoms with van der Waals surface area (Å²) in [7, 11) is 2.00. The zero-order valence-electron chi connectivity index (χ0n) is 15.2. The lowest BCUT2D eigenvalue weighted by Gasteiger charge is -2.18. The first-order chi connectivity index (χ1) is 12.1. The van der Waals surface area contributed by atoms with Crippen LogP contribution in [0.15, 0.2) is 35.2 Å². The average molecular weight is 340 g/mol. The predicted octanol–water partition coefficient (Wildman–Crippen LogP) is 3.18. The Hall–Kier alpha value is -2.70. The van der Waals surface area contributed by atoms with Crippen molar-refractivity contribution in [2.75, 3.05) is 11.9 Å². The van der Waals surface area contributed by atoms with Crippen LogP contribution in [0.1, 0.15) is 32.4 Å². The second kappa shape index (κ2) is 7.46. The van der Waals surface area contributed by atoms with Crippen molar-refractivity contribution in [3.63, 3.8) is 0 Å². The molecule has 0 bridgehead atoms. The molecule has 0 fully saturated rings. The quantitative estimate of drug-likeness (QED) is 0.658. The maximum absolute atomic E-state index is 5.34. The highest BCUT2D eigenvalue weighted by Gasteiger charge is 2.12. The summed E-state index contributed by atoms with van der Waals surface area (Å²) in [6.45, 7) is 7.98. The summed E-state index contributed by atoms with van der Waals surface area (Å²) in [6, 6.07) is 3.92. The molecule has 0 spiro atoms. The van der Waals surface area contributed by atoms with Crippen LogP contribution in [0.3, 0.4) is 0 Å². The number of anilines is 1. The van der Waals surface area contributed by atoms with E-state index in [1.165, 1.54) is 0 Å². The Labute approximate surface area is 147 Å². The van der Waals surface area contributed by atoms with Gasteiger partial charge in [-0.05, 0) is 25.0 Å². The molecule has 3 aromatic rings. The van der Waals surface area contributed by atoms with E-state index in [0.29, 0.717) is 18.4 Å². The van der Waals surface area contributed by atoms with Gasteiger partial charge in [0, 0.05) is 38.6 Å². The first-order valence-corrected chi connectivity index (χ1v) is 8.57. The number of imidazole rings is 1. The minimum absolute atomic E-state index is 0.496. The number of pyridine rings is 1. The van der Waals surface area contributed by atoms with E-state index in [2.05, 4.69) is 50.3 Å². The van der Waals surface area contributed by atoms with Gasteiger partial charge in [-0.2, -0.15) is 4.98 Å². The second-order valence-electron chi connectivity index (χ2n) is 6.50. The Morgan fingerprint density at radius 1 is 1.24 bits per heavy atom. The average Bonchev–Trinajstić information content (AvgIpc) is 3.23. The van der Waals surface area contributed by atoms with Gasteiger partial charge in [0.05, 0.1) is 12.1 Å². The molecule has 0 N–H and O–H groups in total. The molecule has 7 nitrogen and oxygen atoms in total. The minimum Gasteiger partial charge on any atom is -0.352 e. The van der Waals surface area contributed by atoms with Crippen LogP contribution in [0.4, 0.5) is 5.82 Å². The summed E-state index contributed by atoms with van der Waals surface area (Å²) in [5, 5.41) is 4.02. The molecule has 0 saturated carbocycles. The fraction of sp³-hybridized carbons (Fsp3) is 0.444. The van der Waals surface area contributed by atoms with E-state index < -0.39 is 0 Å². The Bertz CT molecular complexity index is 805. The highest BCUT2D eigenvalue weighted by molar-refractivity contribution is 5.54. The van der Waals surface area contributed by atoms with E-state index in [-0.39, 0.29) is 0 Å². The minimum atomic E-state index is 0.496.